The van der Waals surface area contributed by atoms with Crippen LogP contribution in [0.3, 0.4) is 0 Å². The van der Waals surface area contributed by atoms with E-state index in [1.165, 1.54) is 16.7 Å². The third kappa shape index (κ3) is 2.43. The number of aryl methyl sites for hydroxylation is 3. The van der Waals surface area contributed by atoms with Gasteiger partial charge in [0.2, 0.25) is 0 Å². The molecule has 3 heteroatoms. The Morgan fingerprint density at radius 2 is 1.74 bits per heavy atom. The van der Waals surface area contributed by atoms with Gasteiger partial charge in [-0.05, 0) is 37.8 Å². The van der Waals surface area contributed by atoms with Crippen molar-refractivity contribution in [3.8, 4) is 5.69 Å². The number of aliphatic hydroxyl groups excluding tert-OH is 1. The highest BCUT2D eigenvalue weighted by Crippen LogP contribution is 2.27. The molecule has 0 saturated carbocycles. The molecule has 1 aromatic carbocycles. The van der Waals surface area contributed by atoms with Crippen molar-refractivity contribution in [1.82, 2.24) is 9.78 Å². The summed E-state index contributed by atoms with van der Waals surface area (Å²) in [5, 5.41) is 13.9. The number of nitrogens with zero attached hydrogens (tertiary/aromatic N) is 2. The van der Waals surface area contributed by atoms with Gasteiger partial charge in [-0.15, -0.1) is 0 Å². The summed E-state index contributed by atoms with van der Waals surface area (Å²) in [6, 6.07) is 4.35. The maximum absolute atomic E-state index is 9.46. The fourth-order valence-corrected chi connectivity index (χ4v) is 2.81. The van der Waals surface area contributed by atoms with Crippen molar-refractivity contribution in [1.29, 1.82) is 0 Å². The molecule has 19 heavy (non-hydrogen) atoms. The second kappa shape index (κ2) is 5.17. The zero-order valence-corrected chi connectivity index (χ0v) is 12.4. The van der Waals surface area contributed by atoms with Crippen LogP contribution >= 0.6 is 0 Å². The van der Waals surface area contributed by atoms with Crippen LogP contribution in [0.5, 0.6) is 0 Å². The van der Waals surface area contributed by atoms with Gasteiger partial charge in [-0.25, -0.2) is 4.68 Å². The van der Waals surface area contributed by atoms with Gasteiger partial charge in [0.1, 0.15) is 0 Å². The molecule has 2 rings (SSSR count). The normalized spacial score (nSPS) is 11.3. The summed E-state index contributed by atoms with van der Waals surface area (Å²) in [6.45, 7) is 10.6. The van der Waals surface area contributed by atoms with Crippen molar-refractivity contribution >= 4 is 0 Å². The first-order valence-electron chi connectivity index (χ1n) is 6.71. The minimum atomic E-state index is 0.0392. The predicted octanol–water partition coefficient (Wildman–Crippen LogP) is 3.41. The molecule has 3 nitrogen and oxygen atoms in total. The number of aliphatic hydroxyl groups is 1. The number of hydrogen-bond acceptors (Lipinski definition) is 2. The standard InChI is InChI=1S/C16H22N2O/c1-10(2)15-14(9-19)8-17-18(15)16-12(4)6-11(3)7-13(16)5/h6-8,10,19H,9H2,1-5H3. The van der Waals surface area contributed by atoms with Gasteiger partial charge in [-0.3, -0.25) is 0 Å². The summed E-state index contributed by atoms with van der Waals surface area (Å²) in [6.07, 6.45) is 1.77. The Balaban J connectivity index is 2.69. The Bertz CT molecular complexity index is 574. The molecule has 1 aromatic heterocycles. The molecule has 0 amide bonds. The molecular formula is C16H22N2O. The van der Waals surface area contributed by atoms with E-state index in [4.69, 9.17) is 0 Å². The molecule has 0 aliphatic carbocycles. The number of benzene rings is 1. The van der Waals surface area contributed by atoms with Crippen LogP contribution in [0.15, 0.2) is 18.3 Å². The van der Waals surface area contributed by atoms with E-state index in [0.717, 1.165) is 16.9 Å². The SMILES string of the molecule is Cc1cc(C)c(-n2ncc(CO)c2C(C)C)c(C)c1. The molecule has 0 saturated heterocycles. The number of rotatable bonds is 3. The molecule has 0 spiro atoms. The van der Waals surface area contributed by atoms with E-state index in [-0.39, 0.29) is 6.61 Å². The Morgan fingerprint density at radius 1 is 1.16 bits per heavy atom. The average molecular weight is 258 g/mol. The lowest BCUT2D eigenvalue weighted by molar-refractivity contribution is 0.280. The number of hydrogen-bond donors (Lipinski definition) is 1. The molecule has 0 unspecified atom stereocenters. The highest BCUT2D eigenvalue weighted by atomic mass is 16.3. The van der Waals surface area contributed by atoms with E-state index < -0.39 is 0 Å². The molecule has 0 fully saturated rings. The van der Waals surface area contributed by atoms with E-state index in [1.807, 2.05) is 4.68 Å². The zero-order valence-electron chi connectivity index (χ0n) is 12.4. The van der Waals surface area contributed by atoms with Crippen molar-refractivity contribution in [2.24, 2.45) is 0 Å². The third-order valence-corrected chi connectivity index (χ3v) is 3.45. The van der Waals surface area contributed by atoms with Gasteiger partial charge in [-0.1, -0.05) is 31.5 Å². The topological polar surface area (TPSA) is 38.0 Å². The van der Waals surface area contributed by atoms with Gasteiger partial charge in [0.15, 0.2) is 0 Å². The largest absolute Gasteiger partial charge is 0.392 e. The highest BCUT2D eigenvalue weighted by molar-refractivity contribution is 5.50. The van der Waals surface area contributed by atoms with Crippen LogP contribution < -0.4 is 0 Å². The van der Waals surface area contributed by atoms with Crippen molar-refractivity contribution in [2.75, 3.05) is 0 Å². The van der Waals surface area contributed by atoms with Gasteiger partial charge in [0, 0.05) is 5.56 Å². The van der Waals surface area contributed by atoms with Crippen LogP contribution in [-0.4, -0.2) is 14.9 Å². The van der Waals surface area contributed by atoms with Crippen LogP contribution in [0.1, 0.15) is 47.7 Å². The van der Waals surface area contributed by atoms with Crippen LogP contribution in [0.4, 0.5) is 0 Å². The van der Waals surface area contributed by atoms with E-state index >= 15 is 0 Å². The molecule has 0 radical (unpaired) electrons. The van der Waals surface area contributed by atoms with Gasteiger partial charge in [0.05, 0.1) is 24.2 Å². The summed E-state index contributed by atoms with van der Waals surface area (Å²) < 4.78 is 1.99. The summed E-state index contributed by atoms with van der Waals surface area (Å²) in [5.41, 5.74) is 6.83. The third-order valence-electron chi connectivity index (χ3n) is 3.45. The van der Waals surface area contributed by atoms with E-state index in [0.29, 0.717) is 5.92 Å². The lowest BCUT2D eigenvalue weighted by Gasteiger charge is -2.17. The van der Waals surface area contributed by atoms with Gasteiger partial charge < -0.3 is 5.11 Å². The van der Waals surface area contributed by atoms with Gasteiger partial charge in [-0.2, -0.15) is 5.10 Å². The minimum Gasteiger partial charge on any atom is -0.392 e. The average Bonchev–Trinajstić information content (AvgIpc) is 2.71. The summed E-state index contributed by atoms with van der Waals surface area (Å²) in [7, 11) is 0. The maximum Gasteiger partial charge on any atom is 0.0715 e. The molecular weight excluding hydrogens is 236 g/mol. The molecule has 0 atom stereocenters. The fourth-order valence-electron chi connectivity index (χ4n) is 2.81. The molecule has 1 heterocycles. The van der Waals surface area contributed by atoms with E-state index in [2.05, 4.69) is 51.9 Å². The molecule has 102 valence electrons. The van der Waals surface area contributed by atoms with Crippen LogP contribution in [0, 0.1) is 20.8 Å². The monoisotopic (exact) mass is 258 g/mol. The van der Waals surface area contributed by atoms with Gasteiger partial charge >= 0.3 is 0 Å². The fraction of sp³-hybridized carbons (Fsp3) is 0.438. The summed E-state index contributed by atoms with van der Waals surface area (Å²) in [4.78, 5) is 0. The van der Waals surface area contributed by atoms with E-state index in [9.17, 15) is 5.11 Å². The molecule has 0 aliphatic rings. The predicted molar refractivity (Wildman–Crippen MR) is 77.8 cm³/mol. The highest BCUT2D eigenvalue weighted by Gasteiger charge is 2.17. The van der Waals surface area contributed by atoms with Crippen LogP contribution in [-0.2, 0) is 6.61 Å². The molecule has 0 aliphatic heterocycles. The first kappa shape index (κ1) is 13.8. The summed E-state index contributed by atoms with van der Waals surface area (Å²) in [5.74, 6) is 0.324. The zero-order chi connectivity index (χ0) is 14.2. The van der Waals surface area contributed by atoms with Crippen molar-refractivity contribution in [3.05, 3.63) is 46.3 Å². The van der Waals surface area contributed by atoms with Crippen LogP contribution in [0.2, 0.25) is 0 Å². The Kier molecular flexibility index (Phi) is 3.76. The van der Waals surface area contributed by atoms with E-state index in [1.54, 1.807) is 6.20 Å². The maximum atomic E-state index is 9.46. The molecule has 2 aromatic rings. The number of aromatic nitrogens is 2. The van der Waals surface area contributed by atoms with Crippen LogP contribution in [0.25, 0.3) is 5.69 Å². The molecule has 0 bridgehead atoms. The summed E-state index contributed by atoms with van der Waals surface area (Å²) >= 11 is 0. The smallest absolute Gasteiger partial charge is 0.0715 e. The second-order valence-corrected chi connectivity index (χ2v) is 5.53. The van der Waals surface area contributed by atoms with Crippen molar-refractivity contribution in [3.63, 3.8) is 0 Å². The lowest BCUT2D eigenvalue weighted by Crippen LogP contribution is -2.09. The molecule has 1 N–H and O–H groups in total. The van der Waals surface area contributed by atoms with Crippen molar-refractivity contribution in [2.45, 2.75) is 47.1 Å². The first-order valence-corrected chi connectivity index (χ1v) is 6.71. The van der Waals surface area contributed by atoms with Crippen molar-refractivity contribution < 1.29 is 5.11 Å². The Morgan fingerprint density at radius 3 is 2.21 bits per heavy atom. The van der Waals surface area contributed by atoms with Gasteiger partial charge in [0.25, 0.3) is 0 Å². The first-order chi connectivity index (χ1) is 8.95. The minimum absolute atomic E-state index is 0.0392. The quantitative estimate of drug-likeness (QED) is 0.916. The second-order valence-electron chi connectivity index (χ2n) is 5.53. The Hall–Kier alpha value is -1.61. The lowest BCUT2D eigenvalue weighted by atomic mass is 10.0. The Labute approximate surface area is 114 Å².